The Morgan fingerprint density at radius 1 is 1.50 bits per heavy atom. The number of ether oxygens (including phenoxy) is 1. The number of hydrogen-bond donors (Lipinski definition) is 1. The van der Waals surface area contributed by atoms with Crippen LogP contribution in [0.3, 0.4) is 0 Å². The Bertz CT molecular complexity index is 367. The van der Waals surface area contributed by atoms with Gasteiger partial charge in [-0.1, -0.05) is 12.1 Å². The first-order chi connectivity index (χ1) is 7.72. The minimum absolute atomic E-state index is 0.0399. The van der Waals surface area contributed by atoms with E-state index in [0.29, 0.717) is 18.0 Å². The highest BCUT2D eigenvalue weighted by molar-refractivity contribution is 5.26. The third-order valence-electron chi connectivity index (χ3n) is 3.26. The molecule has 0 aromatic heterocycles. The molecule has 2 N–H and O–H groups in total. The van der Waals surface area contributed by atoms with Crippen LogP contribution in [0, 0.1) is 18.7 Å². The monoisotopic (exact) mass is 223 g/mol. The molecule has 1 aliphatic rings. The van der Waals surface area contributed by atoms with E-state index in [-0.39, 0.29) is 11.9 Å². The fourth-order valence-corrected chi connectivity index (χ4v) is 2.30. The molecule has 3 heteroatoms. The first-order valence-corrected chi connectivity index (χ1v) is 5.80. The van der Waals surface area contributed by atoms with Gasteiger partial charge in [-0.15, -0.1) is 0 Å². The van der Waals surface area contributed by atoms with Crippen LogP contribution in [0.5, 0.6) is 0 Å². The molecule has 1 aliphatic heterocycles. The molecule has 16 heavy (non-hydrogen) atoms. The van der Waals surface area contributed by atoms with Crippen LogP contribution in [-0.4, -0.2) is 13.2 Å². The second-order valence-corrected chi connectivity index (χ2v) is 4.44. The minimum Gasteiger partial charge on any atom is -0.373 e. The third-order valence-corrected chi connectivity index (χ3v) is 3.26. The molecule has 2 rings (SSSR count). The van der Waals surface area contributed by atoms with Crippen molar-refractivity contribution in [3.8, 4) is 0 Å². The lowest BCUT2D eigenvalue weighted by Crippen LogP contribution is -2.28. The summed E-state index contributed by atoms with van der Waals surface area (Å²) in [5.41, 5.74) is 7.46. The minimum atomic E-state index is -0.163. The van der Waals surface area contributed by atoms with E-state index < -0.39 is 0 Å². The highest BCUT2D eigenvalue weighted by atomic mass is 19.1. The lowest BCUT2D eigenvalue weighted by atomic mass is 9.89. The van der Waals surface area contributed by atoms with Gasteiger partial charge in [-0.3, -0.25) is 0 Å². The number of halogens is 1. The number of rotatable bonds is 2. The Kier molecular flexibility index (Phi) is 3.56. The summed E-state index contributed by atoms with van der Waals surface area (Å²) >= 11 is 0. The Hall–Kier alpha value is -0.930. The zero-order valence-corrected chi connectivity index (χ0v) is 9.58. The van der Waals surface area contributed by atoms with Crippen molar-refractivity contribution in [1.82, 2.24) is 0 Å². The second kappa shape index (κ2) is 4.93. The summed E-state index contributed by atoms with van der Waals surface area (Å²) in [6, 6.07) is 5.19. The van der Waals surface area contributed by atoms with Crippen molar-refractivity contribution in [2.45, 2.75) is 25.9 Å². The second-order valence-electron chi connectivity index (χ2n) is 4.44. The Balaban J connectivity index is 2.23. The van der Waals surface area contributed by atoms with Crippen molar-refractivity contribution in [1.29, 1.82) is 0 Å². The molecule has 0 spiro atoms. The van der Waals surface area contributed by atoms with Gasteiger partial charge in [0.05, 0.1) is 6.10 Å². The molecule has 0 aliphatic carbocycles. The maximum absolute atomic E-state index is 13.2. The molecule has 2 unspecified atom stereocenters. The molecule has 1 aromatic carbocycles. The zero-order valence-electron chi connectivity index (χ0n) is 9.58. The largest absolute Gasteiger partial charge is 0.373 e. The molecule has 2 atom stereocenters. The molecule has 1 heterocycles. The van der Waals surface area contributed by atoms with Gasteiger partial charge in [0.1, 0.15) is 5.82 Å². The Morgan fingerprint density at radius 2 is 2.31 bits per heavy atom. The molecule has 0 radical (unpaired) electrons. The maximum Gasteiger partial charge on any atom is 0.126 e. The third kappa shape index (κ3) is 2.25. The van der Waals surface area contributed by atoms with Crippen molar-refractivity contribution in [3.05, 3.63) is 35.1 Å². The van der Waals surface area contributed by atoms with Crippen LogP contribution in [0.25, 0.3) is 0 Å². The summed E-state index contributed by atoms with van der Waals surface area (Å²) in [4.78, 5) is 0. The van der Waals surface area contributed by atoms with E-state index in [1.165, 1.54) is 6.07 Å². The van der Waals surface area contributed by atoms with Crippen LogP contribution in [0.2, 0.25) is 0 Å². The van der Waals surface area contributed by atoms with E-state index >= 15 is 0 Å². The lowest BCUT2D eigenvalue weighted by Gasteiger charge is -2.31. The maximum atomic E-state index is 13.2. The highest BCUT2D eigenvalue weighted by Gasteiger charge is 2.26. The van der Waals surface area contributed by atoms with Crippen LogP contribution >= 0.6 is 0 Å². The molecular formula is C13H18FNO. The fourth-order valence-electron chi connectivity index (χ4n) is 2.30. The number of nitrogens with two attached hydrogens (primary N) is 1. The predicted molar refractivity (Wildman–Crippen MR) is 61.6 cm³/mol. The summed E-state index contributed by atoms with van der Waals surface area (Å²) in [7, 11) is 0. The quantitative estimate of drug-likeness (QED) is 0.836. The van der Waals surface area contributed by atoms with Gasteiger partial charge in [-0.05, 0) is 43.5 Å². The van der Waals surface area contributed by atoms with Crippen molar-refractivity contribution in [2.75, 3.05) is 13.2 Å². The summed E-state index contributed by atoms with van der Waals surface area (Å²) < 4.78 is 18.9. The van der Waals surface area contributed by atoms with Crippen molar-refractivity contribution < 1.29 is 9.13 Å². The first-order valence-electron chi connectivity index (χ1n) is 5.80. The summed E-state index contributed by atoms with van der Waals surface area (Å²) in [5.74, 6) is 0.197. The van der Waals surface area contributed by atoms with Crippen molar-refractivity contribution in [3.63, 3.8) is 0 Å². The topological polar surface area (TPSA) is 35.2 Å². The van der Waals surface area contributed by atoms with E-state index in [9.17, 15) is 4.39 Å². The van der Waals surface area contributed by atoms with Crippen LogP contribution in [0.15, 0.2) is 18.2 Å². The summed E-state index contributed by atoms with van der Waals surface area (Å²) in [5, 5.41) is 0. The van der Waals surface area contributed by atoms with Gasteiger partial charge in [0.25, 0.3) is 0 Å². The normalized spacial score (nSPS) is 25.7. The average molecular weight is 223 g/mol. The molecule has 0 amide bonds. The number of aryl methyl sites for hydroxylation is 1. The fraction of sp³-hybridized carbons (Fsp3) is 0.538. The molecule has 2 nitrogen and oxygen atoms in total. The Morgan fingerprint density at radius 3 is 3.00 bits per heavy atom. The van der Waals surface area contributed by atoms with Crippen LogP contribution in [0.4, 0.5) is 4.39 Å². The zero-order chi connectivity index (χ0) is 11.5. The summed E-state index contributed by atoms with van der Waals surface area (Å²) in [6.45, 7) is 3.18. The molecule has 1 saturated heterocycles. The molecule has 0 saturated carbocycles. The number of benzene rings is 1. The molecule has 1 fully saturated rings. The summed E-state index contributed by atoms with van der Waals surface area (Å²) in [6.07, 6.45) is 2.20. The van der Waals surface area contributed by atoms with Gasteiger partial charge < -0.3 is 10.5 Å². The molecule has 88 valence electrons. The van der Waals surface area contributed by atoms with Crippen molar-refractivity contribution >= 4 is 0 Å². The Labute approximate surface area is 95.6 Å². The van der Waals surface area contributed by atoms with Gasteiger partial charge in [0.2, 0.25) is 0 Å². The van der Waals surface area contributed by atoms with Gasteiger partial charge in [-0.2, -0.15) is 0 Å². The highest BCUT2D eigenvalue weighted by Crippen LogP contribution is 2.33. The lowest BCUT2D eigenvalue weighted by molar-refractivity contribution is -0.0252. The molecule has 1 aromatic rings. The first kappa shape index (κ1) is 11.6. The van der Waals surface area contributed by atoms with Gasteiger partial charge >= 0.3 is 0 Å². The van der Waals surface area contributed by atoms with Gasteiger partial charge in [-0.25, -0.2) is 4.39 Å². The van der Waals surface area contributed by atoms with E-state index in [4.69, 9.17) is 10.5 Å². The van der Waals surface area contributed by atoms with Gasteiger partial charge in [0.15, 0.2) is 0 Å². The van der Waals surface area contributed by atoms with E-state index in [2.05, 4.69) is 0 Å². The smallest absolute Gasteiger partial charge is 0.126 e. The van der Waals surface area contributed by atoms with E-state index in [1.807, 2.05) is 6.07 Å². The predicted octanol–water partition coefficient (Wildman–Crippen LogP) is 2.56. The van der Waals surface area contributed by atoms with E-state index in [1.54, 1.807) is 13.0 Å². The van der Waals surface area contributed by atoms with Crippen LogP contribution in [0.1, 0.15) is 30.1 Å². The van der Waals surface area contributed by atoms with Crippen LogP contribution < -0.4 is 5.73 Å². The standard InChI is InChI=1S/C13H18FNO/c1-9-7-10(4-5-12(9)14)13-11(8-15)3-2-6-16-13/h4-5,7,11,13H,2-3,6,8,15H2,1H3. The number of hydrogen-bond acceptors (Lipinski definition) is 2. The van der Waals surface area contributed by atoms with Crippen LogP contribution in [-0.2, 0) is 4.74 Å². The molecular weight excluding hydrogens is 205 g/mol. The molecule has 0 bridgehead atoms. The average Bonchev–Trinajstić information content (AvgIpc) is 2.32. The van der Waals surface area contributed by atoms with E-state index in [0.717, 1.165) is 25.0 Å². The van der Waals surface area contributed by atoms with Gasteiger partial charge in [0, 0.05) is 12.5 Å². The van der Waals surface area contributed by atoms with Crippen molar-refractivity contribution in [2.24, 2.45) is 11.7 Å². The SMILES string of the molecule is Cc1cc(C2OCCCC2CN)ccc1F.